The number of nitrogens with one attached hydrogen (secondary N) is 1. The van der Waals surface area contributed by atoms with Gasteiger partial charge in [-0.05, 0) is 25.5 Å². The van der Waals surface area contributed by atoms with Gasteiger partial charge in [0.05, 0.1) is 5.56 Å². The lowest BCUT2D eigenvalue weighted by Crippen LogP contribution is -2.34. The summed E-state index contributed by atoms with van der Waals surface area (Å²) < 4.78 is 37.3. The molecular formula is C11H16N2O5S2. The second-order valence-electron chi connectivity index (χ2n) is 4.28. The van der Waals surface area contributed by atoms with Crippen LogP contribution in [0.4, 0.5) is 0 Å². The fourth-order valence-electron chi connectivity index (χ4n) is 1.39. The van der Waals surface area contributed by atoms with Crippen molar-refractivity contribution in [3.8, 4) is 0 Å². The Hall–Kier alpha value is -1.32. The third-order valence-electron chi connectivity index (χ3n) is 2.45. The van der Waals surface area contributed by atoms with Crippen molar-refractivity contribution in [2.24, 2.45) is 0 Å². The molecule has 1 heterocycles. The molecule has 0 saturated heterocycles. The number of nitrogens with zero attached hydrogens (tertiary/aromatic N) is 1. The van der Waals surface area contributed by atoms with Crippen LogP contribution in [-0.2, 0) is 20.8 Å². The van der Waals surface area contributed by atoms with Crippen molar-refractivity contribution < 1.29 is 22.5 Å². The summed E-state index contributed by atoms with van der Waals surface area (Å²) in [5.74, 6) is -0.775. The number of hydrogen-bond donors (Lipinski definition) is 2. The Morgan fingerprint density at radius 1 is 1.50 bits per heavy atom. The molecule has 0 aromatic carbocycles. The first-order valence-electron chi connectivity index (χ1n) is 5.74. The molecule has 112 valence electrons. The SMILES string of the molecule is CC(CCS(C)=O)NS(=O)(=O)c1ccc(C(=O)O)cn1. The normalized spacial score (nSPS) is 14.7. The van der Waals surface area contributed by atoms with Crippen LogP contribution >= 0.6 is 0 Å². The minimum atomic E-state index is -3.80. The molecule has 0 aliphatic rings. The Morgan fingerprint density at radius 2 is 2.15 bits per heavy atom. The zero-order chi connectivity index (χ0) is 15.3. The molecule has 2 N–H and O–H groups in total. The number of carbonyl (C=O) groups is 1. The smallest absolute Gasteiger partial charge is 0.337 e. The number of carboxylic acid groups (broad SMARTS) is 1. The summed E-state index contributed by atoms with van der Waals surface area (Å²) in [5.41, 5.74) is -0.0848. The first-order chi connectivity index (χ1) is 9.22. The van der Waals surface area contributed by atoms with Crippen LogP contribution in [0, 0.1) is 0 Å². The number of hydrogen-bond acceptors (Lipinski definition) is 5. The number of aromatic carboxylic acids is 1. The van der Waals surface area contributed by atoms with Gasteiger partial charge in [0.15, 0.2) is 5.03 Å². The van der Waals surface area contributed by atoms with Gasteiger partial charge in [-0.25, -0.2) is 22.9 Å². The summed E-state index contributed by atoms with van der Waals surface area (Å²) in [7, 11) is -4.79. The highest BCUT2D eigenvalue weighted by Gasteiger charge is 2.19. The molecule has 1 rings (SSSR count). The van der Waals surface area contributed by atoms with E-state index in [1.807, 2.05) is 0 Å². The maximum atomic E-state index is 12.0. The molecule has 0 radical (unpaired) electrons. The largest absolute Gasteiger partial charge is 0.478 e. The molecule has 9 heteroatoms. The van der Waals surface area contributed by atoms with Crippen molar-refractivity contribution in [3.05, 3.63) is 23.9 Å². The van der Waals surface area contributed by atoms with Gasteiger partial charge >= 0.3 is 5.97 Å². The lowest BCUT2D eigenvalue weighted by Gasteiger charge is -2.13. The fourth-order valence-corrected chi connectivity index (χ4v) is 3.29. The van der Waals surface area contributed by atoms with Crippen molar-refractivity contribution in [2.75, 3.05) is 12.0 Å². The Morgan fingerprint density at radius 3 is 2.60 bits per heavy atom. The number of carboxylic acids is 1. The second-order valence-corrected chi connectivity index (χ2v) is 7.49. The van der Waals surface area contributed by atoms with Crippen LogP contribution in [0.2, 0.25) is 0 Å². The highest BCUT2D eigenvalue weighted by atomic mass is 32.2. The van der Waals surface area contributed by atoms with Gasteiger partial charge in [0.25, 0.3) is 10.0 Å². The average Bonchev–Trinajstić information content (AvgIpc) is 2.36. The minimum absolute atomic E-state index is 0.0848. The molecule has 1 aromatic heterocycles. The van der Waals surface area contributed by atoms with E-state index >= 15 is 0 Å². The molecule has 2 unspecified atom stereocenters. The number of pyridine rings is 1. The van der Waals surface area contributed by atoms with E-state index in [0.717, 1.165) is 12.3 Å². The van der Waals surface area contributed by atoms with Gasteiger partial charge < -0.3 is 5.11 Å². The Bertz CT molecular complexity index is 598. The maximum absolute atomic E-state index is 12.0. The molecule has 7 nitrogen and oxygen atoms in total. The quantitative estimate of drug-likeness (QED) is 0.742. The van der Waals surface area contributed by atoms with Crippen LogP contribution in [0.5, 0.6) is 0 Å². The van der Waals surface area contributed by atoms with Crippen LogP contribution in [0.15, 0.2) is 23.4 Å². The van der Waals surface area contributed by atoms with Crippen molar-refractivity contribution in [2.45, 2.75) is 24.4 Å². The molecule has 0 fully saturated rings. The predicted octanol–water partition coefficient (Wildman–Crippen LogP) is 0.215. The Balaban J connectivity index is 2.78. The summed E-state index contributed by atoms with van der Waals surface area (Å²) in [6.45, 7) is 1.66. The highest BCUT2D eigenvalue weighted by Crippen LogP contribution is 2.08. The van der Waals surface area contributed by atoms with E-state index in [4.69, 9.17) is 5.11 Å². The van der Waals surface area contributed by atoms with Gasteiger partial charge in [0, 0.05) is 35.0 Å². The summed E-state index contributed by atoms with van der Waals surface area (Å²) in [5, 5.41) is 8.47. The van der Waals surface area contributed by atoms with E-state index < -0.39 is 26.8 Å². The van der Waals surface area contributed by atoms with Gasteiger partial charge in [-0.15, -0.1) is 0 Å². The lowest BCUT2D eigenvalue weighted by atomic mass is 10.3. The molecular weight excluding hydrogens is 304 g/mol. The maximum Gasteiger partial charge on any atom is 0.337 e. The van der Waals surface area contributed by atoms with Crippen molar-refractivity contribution in [1.29, 1.82) is 0 Å². The van der Waals surface area contributed by atoms with Crippen molar-refractivity contribution >= 4 is 26.8 Å². The zero-order valence-corrected chi connectivity index (χ0v) is 12.7. The van der Waals surface area contributed by atoms with Gasteiger partial charge in [-0.3, -0.25) is 4.21 Å². The summed E-state index contributed by atoms with van der Waals surface area (Å²) in [6, 6.07) is 1.93. The molecule has 0 amide bonds. The van der Waals surface area contributed by atoms with Gasteiger partial charge in [0.2, 0.25) is 0 Å². The van der Waals surface area contributed by atoms with E-state index in [0.29, 0.717) is 12.2 Å². The molecule has 0 bridgehead atoms. The van der Waals surface area contributed by atoms with Gasteiger partial charge in [0.1, 0.15) is 0 Å². The first-order valence-corrected chi connectivity index (χ1v) is 8.95. The van der Waals surface area contributed by atoms with Crippen LogP contribution in [-0.4, -0.2) is 46.7 Å². The first kappa shape index (κ1) is 16.7. The fraction of sp³-hybridized carbons (Fsp3) is 0.455. The molecule has 0 aliphatic carbocycles. The van der Waals surface area contributed by atoms with Gasteiger partial charge in [-0.2, -0.15) is 0 Å². The highest BCUT2D eigenvalue weighted by molar-refractivity contribution is 7.89. The predicted molar refractivity (Wildman–Crippen MR) is 74.5 cm³/mol. The van der Waals surface area contributed by atoms with Crippen molar-refractivity contribution in [3.63, 3.8) is 0 Å². The molecule has 0 aliphatic heterocycles. The molecule has 20 heavy (non-hydrogen) atoms. The third-order valence-corrected chi connectivity index (χ3v) is 4.77. The lowest BCUT2D eigenvalue weighted by molar-refractivity contribution is 0.0696. The summed E-state index contributed by atoms with van der Waals surface area (Å²) in [4.78, 5) is 14.3. The van der Waals surface area contributed by atoms with E-state index in [1.165, 1.54) is 6.07 Å². The molecule has 0 saturated carbocycles. The van der Waals surface area contributed by atoms with Crippen LogP contribution in [0.25, 0.3) is 0 Å². The standard InChI is InChI=1S/C11H16N2O5S2/c1-8(5-6-19(2)16)13-20(17,18)10-4-3-9(7-12-10)11(14)15/h3-4,7-8,13H,5-6H2,1-2H3,(H,14,15). The number of rotatable bonds is 7. The minimum Gasteiger partial charge on any atom is -0.478 e. The van der Waals surface area contributed by atoms with Crippen LogP contribution in [0.3, 0.4) is 0 Å². The topological polar surface area (TPSA) is 113 Å². The third kappa shape index (κ3) is 4.99. The van der Waals surface area contributed by atoms with Crippen molar-refractivity contribution in [1.82, 2.24) is 9.71 Å². The summed E-state index contributed by atoms with van der Waals surface area (Å²) in [6.07, 6.45) is 2.98. The van der Waals surface area contributed by atoms with E-state index in [-0.39, 0.29) is 16.6 Å². The number of aromatic nitrogens is 1. The van der Waals surface area contributed by atoms with Crippen LogP contribution < -0.4 is 4.72 Å². The second kappa shape index (κ2) is 6.91. The van der Waals surface area contributed by atoms with E-state index in [2.05, 4.69) is 9.71 Å². The van der Waals surface area contributed by atoms with E-state index in [9.17, 15) is 17.4 Å². The Kier molecular flexibility index (Phi) is 5.78. The average molecular weight is 320 g/mol. The van der Waals surface area contributed by atoms with E-state index in [1.54, 1.807) is 13.2 Å². The van der Waals surface area contributed by atoms with Crippen LogP contribution in [0.1, 0.15) is 23.7 Å². The molecule has 2 atom stereocenters. The molecule has 1 aromatic rings. The molecule has 0 spiro atoms. The zero-order valence-electron chi connectivity index (χ0n) is 11.1. The Labute approximate surface area is 119 Å². The number of sulfonamides is 1. The van der Waals surface area contributed by atoms with Gasteiger partial charge in [-0.1, -0.05) is 0 Å². The monoisotopic (exact) mass is 320 g/mol. The summed E-state index contributed by atoms with van der Waals surface area (Å²) >= 11 is 0.